The Morgan fingerprint density at radius 1 is 1.18 bits per heavy atom. The molecule has 6 heteroatoms. The average molecular weight is 265 g/mol. The van der Waals surface area contributed by atoms with Gasteiger partial charge in [-0.15, -0.1) is 0 Å². The Balaban J connectivity index is 1.93. The van der Waals surface area contributed by atoms with Crippen LogP contribution in [0.1, 0.15) is 0 Å². The molecule has 1 fully saturated rings. The molecule has 0 radical (unpaired) electrons. The van der Waals surface area contributed by atoms with Crippen molar-refractivity contribution in [2.75, 3.05) is 64.0 Å². The van der Waals surface area contributed by atoms with E-state index < -0.39 is 0 Å². The highest BCUT2D eigenvalue weighted by Crippen LogP contribution is 2.04. The first kappa shape index (κ1) is 14.8. The van der Waals surface area contributed by atoms with E-state index in [4.69, 9.17) is 18.9 Å². The summed E-state index contributed by atoms with van der Waals surface area (Å²) in [4.78, 5) is 11.5. The number of hydrogen-bond donors (Lipinski definition) is 0. The predicted molar refractivity (Wildman–Crippen MR) is 66.4 cm³/mol. The largest absolute Gasteiger partial charge is 0.460 e. The summed E-state index contributed by atoms with van der Waals surface area (Å²) in [6, 6.07) is 0. The zero-order chi connectivity index (χ0) is 12.3. The Hall–Kier alpha value is -0.300. The van der Waals surface area contributed by atoms with Crippen molar-refractivity contribution >= 4 is 16.9 Å². The summed E-state index contributed by atoms with van der Waals surface area (Å²) in [5.74, 6) is 2.38. The van der Waals surface area contributed by atoms with Crippen LogP contribution in [-0.4, -0.2) is 70.0 Å². The molecule has 0 saturated carbocycles. The molecule has 5 nitrogen and oxygen atoms in total. The molecule has 0 aromatic rings. The molecule has 1 saturated heterocycles. The first-order chi connectivity index (χ1) is 8.33. The van der Waals surface area contributed by atoms with Gasteiger partial charge in [0.25, 0.3) is 0 Å². The van der Waals surface area contributed by atoms with Crippen molar-refractivity contribution < 1.29 is 23.7 Å². The SMILES string of the molecule is COCCOCCOC(=O)C[S+]1CCOCC1. The minimum absolute atomic E-state index is 0.120. The van der Waals surface area contributed by atoms with Crippen LogP contribution in [0.25, 0.3) is 0 Å². The van der Waals surface area contributed by atoms with Crippen molar-refractivity contribution in [2.45, 2.75) is 0 Å². The van der Waals surface area contributed by atoms with Crippen LogP contribution >= 0.6 is 0 Å². The molecule has 100 valence electrons. The molecule has 0 aromatic heterocycles. The molecule has 17 heavy (non-hydrogen) atoms. The number of rotatable bonds is 8. The zero-order valence-corrected chi connectivity index (χ0v) is 11.1. The fourth-order valence-electron chi connectivity index (χ4n) is 1.37. The first-order valence-electron chi connectivity index (χ1n) is 5.77. The van der Waals surface area contributed by atoms with Crippen molar-refractivity contribution in [3.05, 3.63) is 0 Å². The summed E-state index contributed by atoms with van der Waals surface area (Å²) in [5.41, 5.74) is 0. The lowest BCUT2D eigenvalue weighted by Gasteiger charge is -2.13. The molecule has 0 atom stereocenters. The zero-order valence-electron chi connectivity index (χ0n) is 10.3. The Kier molecular flexibility index (Phi) is 8.42. The van der Waals surface area contributed by atoms with E-state index in [0.29, 0.717) is 32.2 Å². The van der Waals surface area contributed by atoms with Gasteiger partial charge in [-0.3, -0.25) is 0 Å². The maximum atomic E-state index is 11.5. The van der Waals surface area contributed by atoms with E-state index in [1.807, 2.05) is 0 Å². The van der Waals surface area contributed by atoms with Crippen molar-refractivity contribution in [2.24, 2.45) is 0 Å². The predicted octanol–water partition coefficient (Wildman–Crippen LogP) is -0.159. The lowest BCUT2D eigenvalue weighted by molar-refractivity contribution is -0.142. The van der Waals surface area contributed by atoms with Gasteiger partial charge in [-0.2, -0.15) is 0 Å². The van der Waals surface area contributed by atoms with Crippen molar-refractivity contribution in [1.82, 2.24) is 0 Å². The molecule has 1 aliphatic heterocycles. The van der Waals surface area contributed by atoms with E-state index in [2.05, 4.69) is 0 Å². The molecule has 0 aromatic carbocycles. The summed E-state index contributed by atoms with van der Waals surface area (Å²) in [5, 5.41) is 0. The second-order valence-electron chi connectivity index (χ2n) is 3.60. The van der Waals surface area contributed by atoms with Crippen LogP contribution in [-0.2, 0) is 34.6 Å². The number of carbonyl (C=O) groups is 1. The van der Waals surface area contributed by atoms with Crippen LogP contribution in [0.5, 0.6) is 0 Å². The van der Waals surface area contributed by atoms with Crippen LogP contribution < -0.4 is 0 Å². The maximum absolute atomic E-state index is 11.5. The molecule has 0 N–H and O–H groups in total. The maximum Gasteiger partial charge on any atom is 0.356 e. The lowest BCUT2D eigenvalue weighted by Crippen LogP contribution is -2.32. The third-order valence-corrected chi connectivity index (χ3v) is 4.41. The molecule has 1 aliphatic rings. The van der Waals surface area contributed by atoms with Gasteiger partial charge < -0.3 is 18.9 Å². The van der Waals surface area contributed by atoms with E-state index in [0.717, 1.165) is 24.7 Å². The smallest absolute Gasteiger partial charge is 0.356 e. The lowest BCUT2D eigenvalue weighted by atomic mass is 10.7. The highest BCUT2D eigenvalue weighted by molar-refractivity contribution is 7.97. The summed E-state index contributed by atoms with van der Waals surface area (Å²) < 4.78 is 20.3. The Bertz CT molecular complexity index is 206. The number of methoxy groups -OCH3 is 1. The molecule has 0 aliphatic carbocycles. The quantitative estimate of drug-likeness (QED) is 0.347. The van der Waals surface area contributed by atoms with Crippen LogP contribution in [0.3, 0.4) is 0 Å². The topological polar surface area (TPSA) is 54.0 Å². The van der Waals surface area contributed by atoms with E-state index >= 15 is 0 Å². The van der Waals surface area contributed by atoms with Crippen molar-refractivity contribution in [3.63, 3.8) is 0 Å². The fourth-order valence-corrected chi connectivity index (χ4v) is 2.99. The molecular formula is C11H21O5S+. The van der Waals surface area contributed by atoms with E-state index in [1.165, 1.54) is 0 Å². The van der Waals surface area contributed by atoms with E-state index in [9.17, 15) is 4.79 Å². The molecule has 1 heterocycles. The summed E-state index contributed by atoms with van der Waals surface area (Å²) >= 11 is 0. The van der Waals surface area contributed by atoms with Gasteiger partial charge in [0.15, 0.2) is 0 Å². The van der Waals surface area contributed by atoms with Gasteiger partial charge in [0, 0.05) is 18.0 Å². The Labute approximate surface area is 105 Å². The second kappa shape index (κ2) is 9.70. The van der Waals surface area contributed by atoms with Crippen molar-refractivity contribution in [3.8, 4) is 0 Å². The van der Waals surface area contributed by atoms with Gasteiger partial charge in [-0.1, -0.05) is 0 Å². The highest BCUT2D eigenvalue weighted by Gasteiger charge is 2.26. The summed E-state index contributed by atoms with van der Waals surface area (Å²) in [6.07, 6.45) is 0. The summed E-state index contributed by atoms with van der Waals surface area (Å²) in [6.45, 7) is 3.42. The molecule has 0 unspecified atom stereocenters. The van der Waals surface area contributed by atoms with Gasteiger partial charge in [-0.25, -0.2) is 4.79 Å². The van der Waals surface area contributed by atoms with E-state index in [-0.39, 0.29) is 16.9 Å². The standard InChI is InChI=1S/C11H21O5S/c1-13-2-3-14-4-5-16-11(12)10-17-8-6-15-7-9-17/h2-10H2,1H3/q+1. The number of hydrogen-bond acceptors (Lipinski definition) is 5. The number of carbonyl (C=O) groups excluding carboxylic acids is 1. The minimum Gasteiger partial charge on any atom is -0.460 e. The third kappa shape index (κ3) is 7.59. The summed E-state index contributed by atoms with van der Waals surface area (Å²) in [7, 11) is 1.78. The number of esters is 1. The minimum atomic E-state index is -0.120. The van der Waals surface area contributed by atoms with Gasteiger partial charge in [0.05, 0.1) is 33.0 Å². The monoisotopic (exact) mass is 265 g/mol. The Morgan fingerprint density at radius 3 is 2.59 bits per heavy atom. The van der Waals surface area contributed by atoms with Gasteiger partial charge in [-0.05, 0) is 0 Å². The van der Waals surface area contributed by atoms with Gasteiger partial charge >= 0.3 is 5.97 Å². The fraction of sp³-hybridized carbons (Fsp3) is 0.909. The van der Waals surface area contributed by atoms with E-state index in [1.54, 1.807) is 7.11 Å². The molecule has 0 bridgehead atoms. The molecular weight excluding hydrogens is 244 g/mol. The van der Waals surface area contributed by atoms with Gasteiger partial charge in [0.1, 0.15) is 18.1 Å². The first-order valence-corrected chi connectivity index (χ1v) is 7.50. The van der Waals surface area contributed by atoms with Crippen LogP contribution in [0, 0.1) is 0 Å². The molecule has 0 spiro atoms. The number of ether oxygens (including phenoxy) is 4. The molecule has 1 rings (SSSR count). The van der Waals surface area contributed by atoms with Crippen LogP contribution in [0.15, 0.2) is 0 Å². The van der Waals surface area contributed by atoms with Crippen molar-refractivity contribution in [1.29, 1.82) is 0 Å². The van der Waals surface area contributed by atoms with Crippen LogP contribution in [0.4, 0.5) is 0 Å². The average Bonchev–Trinajstić information content (AvgIpc) is 2.35. The second-order valence-corrected chi connectivity index (χ2v) is 5.93. The third-order valence-electron chi connectivity index (χ3n) is 2.28. The normalized spacial score (nSPS) is 17.0. The van der Waals surface area contributed by atoms with Gasteiger partial charge in [0.2, 0.25) is 5.75 Å². The molecule has 0 amide bonds. The van der Waals surface area contributed by atoms with Crippen LogP contribution in [0.2, 0.25) is 0 Å². The Morgan fingerprint density at radius 2 is 1.88 bits per heavy atom. The highest BCUT2D eigenvalue weighted by atomic mass is 32.2.